The summed E-state index contributed by atoms with van der Waals surface area (Å²) in [5.41, 5.74) is 14.5. The minimum absolute atomic E-state index is 0.0219. The van der Waals surface area contributed by atoms with E-state index in [1.807, 2.05) is 18.2 Å². The van der Waals surface area contributed by atoms with Crippen LogP contribution in [0.2, 0.25) is 10.0 Å². The standard InChI is InChI=1S/C24H23Cl2FN4O2/c25-19-4-5-20(27)22(26)18(19)7-9-33-21-11-16(12-30-23(21)29)14-2-1-3-15(10-14)24(32)31-8-6-17(28)13-31/h1-5,10-12,17H,6-9,13,28H2,(H2,29,30). The second-order valence-electron chi connectivity index (χ2n) is 7.91. The zero-order chi connectivity index (χ0) is 23.5. The summed E-state index contributed by atoms with van der Waals surface area (Å²) in [6, 6.07) is 11.8. The van der Waals surface area contributed by atoms with E-state index in [0.717, 1.165) is 17.5 Å². The van der Waals surface area contributed by atoms with Crippen molar-refractivity contribution in [2.24, 2.45) is 5.73 Å². The third kappa shape index (κ3) is 5.21. The Morgan fingerprint density at radius 2 is 2.03 bits per heavy atom. The third-order valence-corrected chi connectivity index (χ3v) is 6.35. The van der Waals surface area contributed by atoms with Crippen LogP contribution in [0.1, 0.15) is 22.3 Å². The molecular formula is C24H23Cl2FN4O2. The number of amides is 1. The van der Waals surface area contributed by atoms with Crippen molar-refractivity contribution in [2.75, 3.05) is 25.4 Å². The van der Waals surface area contributed by atoms with Gasteiger partial charge >= 0.3 is 0 Å². The molecule has 2 heterocycles. The molecule has 2 aromatic carbocycles. The monoisotopic (exact) mass is 488 g/mol. The minimum atomic E-state index is -0.537. The van der Waals surface area contributed by atoms with E-state index >= 15 is 0 Å². The van der Waals surface area contributed by atoms with Gasteiger partial charge in [0.2, 0.25) is 0 Å². The molecule has 1 amide bonds. The second kappa shape index (κ2) is 9.95. The average molecular weight is 489 g/mol. The quantitative estimate of drug-likeness (QED) is 0.495. The Kier molecular flexibility index (Phi) is 7.02. The van der Waals surface area contributed by atoms with E-state index in [-0.39, 0.29) is 29.4 Å². The van der Waals surface area contributed by atoms with E-state index in [9.17, 15) is 9.18 Å². The number of aromatic nitrogens is 1. The van der Waals surface area contributed by atoms with Gasteiger partial charge in [-0.05, 0) is 47.9 Å². The van der Waals surface area contributed by atoms with E-state index in [4.69, 9.17) is 39.4 Å². The van der Waals surface area contributed by atoms with Crippen molar-refractivity contribution < 1.29 is 13.9 Å². The van der Waals surface area contributed by atoms with Crippen LogP contribution in [0.25, 0.3) is 11.1 Å². The first kappa shape index (κ1) is 23.3. The van der Waals surface area contributed by atoms with Crippen molar-refractivity contribution in [3.05, 3.63) is 75.7 Å². The van der Waals surface area contributed by atoms with E-state index < -0.39 is 5.82 Å². The van der Waals surface area contributed by atoms with Gasteiger partial charge in [0.25, 0.3) is 5.91 Å². The van der Waals surface area contributed by atoms with Crippen LogP contribution in [0.15, 0.2) is 48.7 Å². The number of nitrogens with zero attached hydrogens (tertiary/aromatic N) is 2. The van der Waals surface area contributed by atoms with Gasteiger partial charge in [-0.3, -0.25) is 4.79 Å². The molecule has 0 saturated carbocycles. The number of benzene rings is 2. The molecule has 3 aromatic rings. The highest BCUT2D eigenvalue weighted by Gasteiger charge is 2.24. The lowest BCUT2D eigenvalue weighted by Gasteiger charge is -2.16. The van der Waals surface area contributed by atoms with Crippen molar-refractivity contribution in [1.29, 1.82) is 0 Å². The highest BCUT2D eigenvalue weighted by Crippen LogP contribution is 2.30. The molecule has 0 aliphatic carbocycles. The Morgan fingerprint density at radius 1 is 1.21 bits per heavy atom. The predicted octanol–water partition coefficient (Wildman–Crippen LogP) is 4.57. The fraction of sp³-hybridized carbons (Fsp3) is 0.250. The van der Waals surface area contributed by atoms with Gasteiger partial charge in [0.15, 0.2) is 11.6 Å². The SMILES string of the molecule is Nc1ncc(-c2cccc(C(=O)N3CCC(N)C3)c2)cc1OCCc1c(Cl)ccc(F)c1Cl. The molecule has 33 heavy (non-hydrogen) atoms. The Bertz CT molecular complexity index is 1190. The maximum Gasteiger partial charge on any atom is 0.253 e. The van der Waals surface area contributed by atoms with Gasteiger partial charge in [-0.2, -0.15) is 0 Å². The third-order valence-electron chi connectivity index (χ3n) is 5.59. The predicted molar refractivity (Wildman–Crippen MR) is 128 cm³/mol. The number of halogens is 3. The van der Waals surface area contributed by atoms with E-state index in [2.05, 4.69) is 4.98 Å². The fourth-order valence-corrected chi connectivity index (χ4v) is 4.34. The summed E-state index contributed by atoms with van der Waals surface area (Å²) in [6.07, 6.45) is 2.72. The molecule has 0 bridgehead atoms. The van der Waals surface area contributed by atoms with Crippen molar-refractivity contribution in [2.45, 2.75) is 18.9 Å². The van der Waals surface area contributed by atoms with Crippen molar-refractivity contribution in [3.8, 4) is 16.9 Å². The fourth-order valence-electron chi connectivity index (χ4n) is 3.78. The molecule has 1 aromatic heterocycles. The summed E-state index contributed by atoms with van der Waals surface area (Å²) in [6.45, 7) is 1.39. The van der Waals surface area contributed by atoms with Crippen LogP contribution >= 0.6 is 23.2 Å². The van der Waals surface area contributed by atoms with Gasteiger partial charge in [-0.15, -0.1) is 0 Å². The number of anilines is 1. The van der Waals surface area contributed by atoms with E-state index in [1.165, 1.54) is 12.1 Å². The van der Waals surface area contributed by atoms with Gasteiger partial charge in [0.05, 0.1) is 11.6 Å². The minimum Gasteiger partial charge on any atom is -0.489 e. The zero-order valence-electron chi connectivity index (χ0n) is 17.7. The summed E-state index contributed by atoms with van der Waals surface area (Å²) in [5, 5.41) is 0.344. The summed E-state index contributed by atoms with van der Waals surface area (Å²) in [4.78, 5) is 18.8. The normalized spacial score (nSPS) is 15.6. The molecule has 1 unspecified atom stereocenters. The summed E-state index contributed by atoms with van der Waals surface area (Å²) in [5.74, 6) is 0.00461. The Morgan fingerprint density at radius 3 is 2.79 bits per heavy atom. The highest BCUT2D eigenvalue weighted by atomic mass is 35.5. The number of pyridine rings is 1. The first-order chi connectivity index (χ1) is 15.8. The van der Waals surface area contributed by atoms with Crippen LogP contribution in [-0.2, 0) is 6.42 Å². The summed E-state index contributed by atoms with van der Waals surface area (Å²) in [7, 11) is 0. The Balaban J connectivity index is 1.50. The van der Waals surface area contributed by atoms with Gasteiger partial charge in [-0.1, -0.05) is 35.3 Å². The number of carbonyl (C=O) groups is 1. The molecule has 0 spiro atoms. The van der Waals surface area contributed by atoms with E-state index in [1.54, 1.807) is 23.2 Å². The molecule has 172 valence electrons. The van der Waals surface area contributed by atoms with Crippen molar-refractivity contribution in [3.63, 3.8) is 0 Å². The number of hydrogen-bond donors (Lipinski definition) is 2. The first-order valence-corrected chi connectivity index (χ1v) is 11.2. The number of nitrogens with two attached hydrogens (primary N) is 2. The largest absolute Gasteiger partial charge is 0.489 e. The molecule has 9 heteroatoms. The number of nitrogen functional groups attached to an aromatic ring is 1. The molecule has 1 aliphatic rings. The second-order valence-corrected chi connectivity index (χ2v) is 8.69. The van der Waals surface area contributed by atoms with Crippen molar-refractivity contribution in [1.82, 2.24) is 9.88 Å². The first-order valence-electron chi connectivity index (χ1n) is 10.5. The number of hydrogen-bond acceptors (Lipinski definition) is 5. The number of ether oxygens (including phenoxy) is 1. The molecule has 0 radical (unpaired) electrons. The van der Waals surface area contributed by atoms with Crippen molar-refractivity contribution >= 4 is 34.9 Å². The molecular weight excluding hydrogens is 466 g/mol. The molecule has 4 rings (SSSR count). The van der Waals surface area contributed by atoms with Crippen LogP contribution in [0, 0.1) is 5.82 Å². The van der Waals surface area contributed by atoms with Crippen LogP contribution in [0.3, 0.4) is 0 Å². The van der Waals surface area contributed by atoms with Crippen LogP contribution < -0.4 is 16.2 Å². The number of likely N-dealkylation sites (tertiary alicyclic amines) is 1. The topological polar surface area (TPSA) is 94.5 Å². The summed E-state index contributed by atoms with van der Waals surface area (Å²) >= 11 is 12.2. The number of rotatable bonds is 6. The van der Waals surface area contributed by atoms with Gasteiger partial charge in [0.1, 0.15) is 5.82 Å². The zero-order valence-corrected chi connectivity index (χ0v) is 19.2. The smallest absolute Gasteiger partial charge is 0.253 e. The average Bonchev–Trinajstić information content (AvgIpc) is 3.25. The Hall–Kier alpha value is -2.87. The molecule has 4 N–H and O–H groups in total. The van der Waals surface area contributed by atoms with Crippen LogP contribution in [0.4, 0.5) is 10.2 Å². The molecule has 1 atom stereocenters. The molecule has 1 saturated heterocycles. The maximum atomic E-state index is 13.7. The van der Waals surface area contributed by atoms with E-state index in [0.29, 0.717) is 41.4 Å². The highest BCUT2D eigenvalue weighted by molar-refractivity contribution is 6.36. The number of carbonyl (C=O) groups excluding carboxylic acids is 1. The lowest BCUT2D eigenvalue weighted by atomic mass is 10.0. The molecule has 6 nitrogen and oxygen atoms in total. The van der Waals surface area contributed by atoms with Crippen LogP contribution in [-0.4, -0.2) is 41.5 Å². The lowest BCUT2D eigenvalue weighted by molar-refractivity contribution is 0.0791. The van der Waals surface area contributed by atoms with Crippen LogP contribution in [0.5, 0.6) is 5.75 Å². The molecule has 1 aliphatic heterocycles. The van der Waals surface area contributed by atoms with Gasteiger partial charge < -0.3 is 21.1 Å². The molecule has 1 fully saturated rings. The van der Waals surface area contributed by atoms with Gasteiger partial charge in [0, 0.05) is 47.9 Å². The lowest BCUT2D eigenvalue weighted by Crippen LogP contribution is -2.31. The van der Waals surface area contributed by atoms with Gasteiger partial charge in [-0.25, -0.2) is 9.37 Å². The Labute approximate surface area is 201 Å². The summed E-state index contributed by atoms with van der Waals surface area (Å²) < 4.78 is 19.5. The maximum absolute atomic E-state index is 13.7.